The summed E-state index contributed by atoms with van der Waals surface area (Å²) in [7, 11) is -3.33. The van der Waals surface area contributed by atoms with Gasteiger partial charge in [-0.05, 0) is 62.4 Å². The summed E-state index contributed by atoms with van der Waals surface area (Å²) >= 11 is 0. The molecule has 0 N–H and O–H groups in total. The Hall–Kier alpha value is -3.22. The van der Waals surface area contributed by atoms with Crippen molar-refractivity contribution in [1.82, 2.24) is 14.4 Å². The molecule has 0 bridgehead atoms. The van der Waals surface area contributed by atoms with Crippen molar-refractivity contribution >= 4 is 10.0 Å². The smallest absolute Gasteiger partial charge is 0.258 e. The van der Waals surface area contributed by atoms with Gasteiger partial charge in [-0.25, -0.2) is 8.42 Å². The van der Waals surface area contributed by atoms with Crippen molar-refractivity contribution in [3.63, 3.8) is 0 Å². The van der Waals surface area contributed by atoms with E-state index in [0.29, 0.717) is 41.6 Å². The number of ether oxygens (including phenoxy) is 1. The highest BCUT2D eigenvalue weighted by Gasteiger charge is 2.34. The third-order valence-corrected chi connectivity index (χ3v) is 7.12. The van der Waals surface area contributed by atoms with Gasteiger partial charge in [0, 0.05) is 17.7 Å². The lowest BCUT2D eigenvalue weighted by molar-refractivity contribution is 0.241. The fourth-order valence-corrected chi connectivity index (χ4v) is 5.67. The Morgan fingerprint density at radius 1 is 1.29 bits per heavy atom. The summed E-state index contributed by atoms with van der Waals surface area (Å²) in [6.45, 7) is 6.26. The molecular weight excluding hydrogens is 452 g/mol. The number of fused-ring (bicyclic) bond motifs is 1. The standard InChI is InChI=1S/C25H28N4O4S/c1-5-13-29(34(4,30)31)22-11-10-19-20(22)7-6-8-21(19)24-27-25(33-28-24)17-9-12-23(32-16(2)3)18(14-17)15-26/h6-9,12,14,16,22H,5,10-11,13H2,1-4H3/t22-/m0/s1. The van der Waals surface area contributed by atoms with Crippen LogP contribution in [0.15, 0.2) is 40.9 Å². The van der Waals surface area contributed by atoms with Crippen LogP contribution in [-0.2, 0) is 16.4 Å². The SMILES string of the molecule is CCCN([C@H]1CCc2c(-c3noc(-c4ccc(OC(C)C)c(C#N)c4)n3)cccc21)S(C)(=O)=O. The number of benzene rings is 2. The minimum absolute atomic E-state index is 0.0482. The van der Waals surface area contributed by atoms with Gasteiger partial charge in [-0.15, -0.1) is 0 Å². The van der Waals surface area contributed by atoms with Gasteiger partial charge in [0.05, 0.1) is 24.0 Å². The topological polar surface area (TPSA) is 109 Å². The van der Waals surface area contributed by atoms with Gasteiger partial charge in [0.15, 0.2) is 0 Å². The highest BCUT2D eigenvalue weighted by molar-refractivity contribution is 7.88. The molecule has 1 aliphatic rings. The van der Waals surface area contributed by atoms with Crippen LogP contribution in [0.4, 0.5) is 0 Å². The predicted octanol–water partition coefficient (Wildman–Crippen LogP) is 4.72. The molecule has 8 nitrogen and oxygen atoms in total. The van der Waals surface area contributed by atoms with E-state index in [-0.39, 0.29) is 12.1 Å². The molecule has 1 aromatic heterocycles. The Labute approximate surface area is 200 Å². The van der Waals surface area contributed by atoms with E-state index in [4.69, 9.17) is 9.26 Å². The van der Waals surface area contributed by atoms with Crippen LogP contribution in [0, 0.1) is 11.3 Å². The molecule has 0 unspecified atom stereocenters. The van der Waals surface area contributed by atoms with E-state index in [1.165, 1.54) is 6.26 Å². The van der Waals surface area contributed by atoms with Gasteiger partial charge >= 0.3 is 0 Å². The molecule has 3 aromatic rings. The van der Waals surface area contributed by atoms with Crippen LogP contribution in [0.2, 0.25) is 0 Å². The summed E-state index contributed by atoms with van der Waals surface area (Å²) < 4.78 is 37.7. The molecule has 1 aliphatic carbocycles. The van der Waals surface area contributed by atoms with E-state index in [1.807, 2.05) is 39.0 Å². The van der Waals surface area contributed by atoms with Crippen LogP contribution < -0.4 is 4.74 Å². The Morgan fingerprint density at radius 3 is 2.76 bits per heavy atom. The number of sulfonamides is 1. The fourth-order valence-electron chi connectivity index (χ4n) is 4.47. The molecule has 34 heavy (non-hydrogen) atoms. The zero-order valence-corrected chi connectivity index (χ0v) is 20.6. The maximum absolute atomic E-state index is 12.4. The van der Waals surface area contributed by atoms with E-state index < -0.39 is 10.0 Å². The molecule has 178 valence electrons. The summed E-state index contributed by atoms with van der Waals surface area (Å²) in [5.41, 5.74) is 3.89. The van der Waals surface area contributed by atoms with Gasteiger partial charge in [-0.3, -0.25) is 0 Å². The van der Waals surface area contributed by atoms with E-state index in [9.17, 15) is 13.7 Å². The highest BCUT2D eigenvalue weighted by Crippen LogP contribution is 2.41. The second-order valence-corrected chi connectivity index (χ2v) is 10.6. The molecule has 1 heterocycles. The molecule has 0 amide bonds. The quantitative estimate of drug-likeness (QED) is 0.459. The highest BCUT2D eigenvalue weighted by atomic mass is 32.2. The van der Waals surface area contributed by atoms with Gasteiger partial charge in [-0.2, -0.15) is 14.6 Å². The lowest BCUT2D eigenvalue weighted by Gasteiger charge is -2.27. The lowest BCUT2D eigenvalue weighted by atomic mass is 10.0. The first-order chi connectivity index (χ1) is 16.2. The summed E-state index contributed by atoms with van der Waals surface area (Å²) in [5, 5.41) is 13.7. The first kappa shape index (κ1) is 23.9. The third-order valence-electron chi connectivity index (χ3n) is 5.83. The van der Waals surface area contributed by atoms with Gasteiger partial charge in [-0.1, -0.05) is 30.3 Å². The first-order valence-electron chi connectivity index (χ1n) is 11.4. The summed E-state index contributed by atoms with van der Waals surface area (Å²) in [6.07, 6.45) is 3.41. The van der Waals surface area contributed by atoms with Gasteiger partial charge < -0.3 is 9.26 Å². The molecule has 2 aromatic carbocycles. The molecule has 0 saturated carbocycles. The molecule has 0 spiro atoms. The van der Waals surface area contributed by atoms with Crippen LogP contribution in [0.25, 0.3) is 22.8 Å². The first-order valence-corrected chi connectivity index (χ1v) is 13.2. The molecule has 0 saturated heterocycles. The predicted molar refractivity (Wildman–Crippen MR) is 129 cm³/mol. The zero-order chi connectivity index (χ0) is 24.5. The molecule has 0 radical (unpaired) electrons. The Bertz CT molecular complexity index is 1340. The molecular formula is C25H28N4O4S. The average molecular weight is 481 g/mol. The monoisotopic (exact) mass is 480 g/mol. The summed E-state index contributed by atoms with van der Waals surface area (Å²) in [4.78, 5) is 4.59. The second kappa shape index (κ2) is 9.57. The van der Waals surface area contributed by atoms with Crippen molar-refractivity contribution in [3.05, 3.63) is 53.1 Å². The zero-order valence-electron chi connectivity index (χ0n) is 19.8. The fraction of sp³-hybridized carbons (Fsp3) is 0.400. The summed E-state index contributed by atoms with van der Waals surface area (Å²) in [5.74, 6) is 1.25. The molecule has 9 heteroatoms. The number of hydrogen-bond donors (Lipinski definition) is 0. The van der Waals surface area contributed by atoms with E-state index in [0.717, 1.165) is 29.5 Å². The molecule has 4 rings (SSSR count). The van der Waals surface area contributed by atoms with Crippen molar-refractivity contribution in [2.75, 3.05) is 12.8 Å². The van der Waals surface area contributed by atoms with Crippen LogP contribution in [0.1, 0.15) is 56.3 Å². The number of nitrogens with zero attached hydrogens (tertiary/aromatic N) is 4. The van der Waals surface area contributed by atoms with Crippen LogP contribution >= 0.6 is 0 Å². The van der Waals surface area contributed by atoms with Gasteiger partial charge in [0.1, 0.15) is 11.8 Å². The van der Waals surface area contributed by atoms with Crippen molar-refractivity contribution in [1.29, 1.82) is 5.26 Å². The van der Waals surface area contributed by atoms with Crippen molar-refractivity contribution < 1.29 is 17.7 Å². The molecule has 0 fully saturated rings. The van der Waals surface area contributed by atoms with Crippen molar-refractivity contribution in [2.24, 2.45) is 0 Å². The van der Waals surface area contributed by atoms with Gasteiger partial charge in [0.2, 0.25) is 15.8 Å². The van der Waals surface area contributed by atoms with E-state index in [1.54, 1.807) is 22.5 Å². The number of rotatable bonds is 8. The lowest BCUT2D eigenvalue weighted by Crippen LogP contribution is -2.33. The summed E-state index contributed by atoms with van der Waals surface area (Å²) in [6, 6.07) is 13.0. The Balaban J connectivity index is 1.68. The maximum atomic E-state index is 12.4. The van der Waals surface area contributed by atoms with Crippen LogP contribution in [0.3, 0.4) is 0 Å². The van der Waals surface area contributed by atoms with E-state index in [2.05, 4.69) is 16.2 Å². The number of aromatic nitrogens is 2. The van der Waals surface area contributed by atoms with E-state index >= 15 is 0 Å². The second-order valence-electron chi connectivity index (χ2n) is 8.71. The van der Waals surface area contributed by atoms with Gasteiger partial charge in [0.25, 0.3) is 5.89 Å². The van der Waals surface area contributed by atoms with Crippen LogP contribution in [0.5, 0.6) is 5.75 Å². The largest absolute Gasteiger partial charge is 0.490 e. The van der Waals surface area contributed by atoms with Crippen molar-refractivity contribution in [3.8, 4) is 34.7 Å². The minimum Gasteiger partial charge on any atom is -0.490 e. The normalized spacial score (nSPS) is 15.5. The molecule has 0 aliphatic heterocycles. The minimum atomic E-state index is -3.33. The van der Waals surface area contributed by atoms with Crippen LogP contribution in [-0.4, -0.2) is 41.8 Å². The number of hydrogen-bond acceptors (Lipinski definition) is 7. The van der Waals surface area contributed by atoms with Crippen molar-refractivity contribution in [2.45, 2.75) is 52.2 Å². The average Bonchev–Trinajstić information content (AvgIpc) is 3.44. The Morgan fingerprint density at radius 2 is 2.09 bits per heavy atom. The Kier molecular flexibility index (Phi) is 6.73. The maximum Gasteiger partial charge on any atom is 0.258 e. The molecule has 1 atom stereocenters. The third kappa shape index (κ3) is 4.69. The number of nitriles is 1.